The number of anilines is 1. The number of nitrogens with one attached hydrogen (secondary N) is 3. The van der Waals surface area contributed by atoms with Crippen molar-refractivity contribution in [1.82, 2.24) is 20.4 Å². The van der Waals surface area contributed by atoms with Gasteiger partial charge in [-0.15, -0.1) is 0 Å². The summed E-state index contributed by atoms with van der Waals surface area (Å²) in [6, 6.07) is 9.42. The lowest BCUT2D eigenvalue weighted by Crippen LogP contribution is -2.14. The summed E-state index contributed by atoms with van der Waals surface area (Å²) in [6.07, 6.45) is 1.94. The van der Waals surface area contributed by atoms with Crippen LogP contribution < -0.4 is 5.32 Å². The number of para-hydroxylation sites is 1. The van der Waals surface area contributed by atoms with E-state index in [1.165, 1.54) is 0 Å². The van der Waals surface area contributed by atoms with Crippen molar-refractivity contribution >= 4 is 22.6 Å². The molecular formula is C16H17N5O2. The van der Waals surface area contributed by atoms with E-state index in [-0.39, 0.29) is 5.91 Å². The normalized spacial score (nSPS) is 15.8. The third kappa shape index (κ3) is 2.70. The molecule has 0 atom stereocenters. The van der Waals surface area contributed by atoms with E-state index in [0.717, 1.165) is 42.7 Å². The molecule has 1 amide bonds. The van der Waals surface area contributed by atoms with E-state index in [2.05, 4.69) is 25.7 Å². The van der Waals surface area contributed by atoms with Crippen LogP contribution in [-0.2, 0) is 4.74 Å². The molecule has 118 valence electrons. The Kier molecular flexibility index (Phi) is 3.55. The molecule has 3 N–H and O–H groups in total. The number of hydrogen-bond donors (Lipinski definition) is 3. The Bertz CT molecular complexity index is 832. The molecule has 0 aliphatic carbocycles. The number of H-pyrrole nitrogens is 2. The van der Waals surface area contributed by atoms with Crippen LogP contribution in [0, 0.1) is 0 Å². The maximum atomic E-state index is 12.4. The summed E-state index contributed by atoms with van der Waals surface area (Å²) in [5, 5.41) is 17.8. The zero-order valence-corrected chi connectivity index (χ0v) is 12.5. The number of aromatic amines is 2. The molecule has 4 rings (SSSR count). The molecular weight excluding hydrogens is 294 g/mol. The number of ether oxygens (including phenoxy) is 1. The van der Waals surface area contributed by atoms with Crippen molar-refractivity contribution in [2.45, 2.75) is 18.8 Å². The molecule has 7 nitrogen and oxygen atoms in total. The first kappa shape index (κ1) is 14.0. The van der Waals surface area contributed by atoms with Crippen molar-refractivity contribution in [1.29, 1.82) is 0 Å². The van der Waals surface area contributed by atoms with Gasteiger partial charge in [0, 0.05) is 36.3 Å². The molecule has 23 heavy (non-hydrogen) atoms. The third-order valence-electron chi connectivity index (χ3n) is 4.19. The Morgan fingerprint density at radius 2 is 2.00 bits per heavy atom. The van der Waals surface area contributed by atoms with Gasteiger partial charge in [-0.1, -0.05) is 18.2 Å². The van der Waals surface area contributed by atoms with Crippen LogP contribution in [0.1, 0.15) is 34.9 Å². The van der Waals surface area contributed by atoms with E-state index in [1.807, 2.05) is 30.3 Å². The monoisotopic (exact) mass is 311 g/mol. The largest absolute Gasteiger partial charge is 0.381 e. The number of benzene rings is 1. The second-order valence-electron chi connectivity index (χ2n) is 5.67. The van der Waals surface area contributed by atoms with Gasteiger partial charge in [0.05, 0.1) is 5.52 Å². The van der Waals surface area contributed by atoms with E-state index >= 15 is 0 Å². The zero-order chi connectivity index (χ0) is 15.6. The van der Waals surface area contributed by atoms with Crippen LogP contribution in [0.15, 0.2) is 30.3 Å². The Labute approximate surface area is 132 Å². The van der Waals surface area contributed by atoms with E-state index in [1.54, 1.807) is 0 Å². The number of nitrogens with zero attached hydrogens (tertiary/aromatic N) is 2. The van der Waals surface area contributed by atoms with E-state index < -0.39 is 0 Å². The molecule has 0 radical (unpaired) electrons. The summed E-state index contributed by atoms with van der Waals surface area (Å²) in [5.41, 5.74) is 2.24. The van der Waals surface area contributed by atoms with Crippen molar-refractivity contribution in [2.75, 3.05) is 18.5 Å². The first-order valence-corrected chi connectivity index (χ1v) is 7.69. The van der Waals surface area contributed by atoms with Gasteiger partial charge in [-0.25, -0.2) is 0 Å². The highest BCUT2D eigenvalue weighted by atomic mass is 16.5. The van der Waals surface area contributed by atoms with E-state index in [9.17, 15) is 4.79 Å². The minimum atomic E-state index is -0.271. The number of aromatic nitrogens is 4. The van der Waals surface area contributed by atoms with Crippen molar-refractivity contribution in [2.24, 2.45) is 0 Å². The lowest BCUT2D eigenvalue weighted by atomic mass is 9.97. The number of carbonyl (C=O) groups is 1. The molecule has 3 aromatic rings. The fraction of sp³-hybridized carbons (Fsp3) is 0.312. The SMILES string of the molecule is O=C(Nc1cc(C2CCOCC2)[nH]n1)c1n[nH]c2ccccc12. The van der Waals surface area contributed by atoms with Gasteiger partial charge >= 0.3 is 0 Å². The van der Waals surface area contributed by atoms with Crippen LogP contribution in [0.5, 0.6) is 0 Å². The van der Waals surface area contributed by atoms with Gasteiger partial charge < -0.3 is 10.1 Å². The van der Waals surface area contributed by atoms with Crippen LogP contribution in [0.2, 0.25) is 0 Å². The number of hydrogen-bond acceptors (Lipinski definition) is 4. The van der Waals surface area contributed by atoms with Crippen molar-refractivity contribution < 1.29 is 9.53 Å². The molecule has 0 bridgehead atoms. The summed E-state index contributed by atoms with van der Waals surface area (Å²) >= 11 is 0. The Morgan fingerprint density at radius 3 is 2.87 bits per heavy atom. The number of rotatable bonds is 3. The molecule has 1 aliphatic rings. The molecule has 2 aromatic heterocycles. The molecule has 7 heteroatoms. The predicted molar refractivity (Wildman–Crippen MR) is 85.4 cm³/mol. The predicted octanol–water partition coefficient (Wildman–Crippen LogP) is 2.43. The fourth-order valence-corrected chi connectivity index (χ4v) is 2.93. The molecule has 0 saturated carbocycles. The Hall–Kier alpha value is -2.67. The average Bonchev–Trinajstić information content (AvgIpc) is 3.22. The summed E-state index contributed by atoms with van der Waals surface area (Å²) in [7, 11) is 0. The fourth-order valence-electron chi connectivity index (χ4n) is 2.93. The maximum Gasteiger partial charge on any atom is 0.278 e. The highest BCUT2D eigenvalue weighted by Gasteiger charge is 2.20. The lowest BCUT2D eigenvalue weighted by molar-refractivity contribution is 0.0845. The molecule has 1 saturated heterocycles. The topological polar surface area (TPSA) is 95.7 Å². The quantitative estimate of drug-likeness (QED) is 0.692. The average molecular weight is 311 g/mol. The smallest absolute Gasteiger partial charge is 0.278 e. The van der Waals surface area contributed by atoms with Crippen molar-refractivity contribution in [3.8, 4) is 0 Å². The summed E-state index contributed by atoms with van der Waals surface area (Å²) < 4.78 is 5.37. The number of fused-ring (bicyclic) bond motifs is 1. The lowest BCUT2D eigenvalue weighted by Gasteiger charge is -2.20. The van der Waals surface area contributed by atoms with Crippen LogP contribution in [0.25, 0.3) is 10.9 Å². The highest BCUT2D eigenvalue weighted by Crippen LogP contribution is 2.26. The van der Waals surface area contributed by atoms with Crippen molar-refractivity contribution in [3.63, 3.8) is 0 Å². The van der Waals surface area contributed by atoms with Crippen LogP contribution >= 0.6 is 0 Å². The molecule has 1 aliphatic heterocycles. The molecule has 0 unspecified atom stereocenters. The van der Waals surface area contributed by atoms with Crippen molar-refractivity contribution in [3.05, 3.63) is 41.7 Å². The third-order valence-corrected chi connectivity index (χ3v) is 4.19. The van der Waals surface area contributed by atoms with Gasteiger partial charge in [0.15, 0.2) is 11.5 Å². The van der Waals surface area contributed by atoms with E-state index in [4.69, 9.17) is 4.74 Å². The Morgan fingerprint density at radius 1 is 1.17 bits per heavy atom. The first-order chi connectivity index (χ1) is 11.3. The molecule has 1 fully saturated rings. The van der Waals surface area contributed by atoms with Gasteiger partial charge in [-0.05, 0) is 18.9 Å². The van der Waals surface area contributed by atoms with Gasteiger partial charge in [-0.3, -0.25) is 15.0 Å². The highest BCUT2D eigenvalue weighted by molar-refractivity contribution is 6.10. The van der Waals surface area contributed by atoms with Gasteiger partial charge in [0.25, 0.3) is 5.91 Å². The molecule has 0 spiro atoms. The number of amides is 1. The van der Waals surface area contributed by atoms with Gasteiger partial charge in [-0.2, -0.15) is 10.2 Å². The maximum absolute atomic E-state index is 12.4. The van der Waals surface area contributed by atoms with E-state index in [0.29, 0.717) is 17.4 Å². The van der Waals surface area contributed by atoms with Crippen LogP contribution in [0.4, 0.5) is 5.82 Å². The first-order valence-electron chi connectivity index (χ1n) is 7.69. The van der Waals surface area contributed by atoms with Gasteiger partial charge in [0.2, 0.25) is 0 Å². The molecule has 3 heterocycles. The molecule has 1 aromatic carbocycles. The second-order valence-corrected chi connectivity index (χ2v) is 5.67. The Balaban J connectivity index is 1.51. The van der Waals surface area contributed by atoms with Gasteiger partial charge in [0.1, 0.15) is 0 Å². The number of carbonyl (C=O) groups excluding carboxylic acids is 1. The summed E-state index contributed by atoms with van der Waals surface area (Å²) in [4.78, 5) is 12.4. The van der Waals surface area contributed by atoms with Crippen LogP contribution in [0.3, 0.4) is 0 Å². The summed E-state index contributed by atoms with van der Waals surface area (Å²) in [6.45, 7) is 1.54. The second kappa shape index (κ2) is 5.85. The standard InChI is InChI=1S/C16H17N5O2/c22-16(15-11-3-1-2-4-12(11)18-21-15)17-14-9-13(19-20-14)10-5-7-23-8-6-10/h1-4,9-10H,5-8H2,(H,18,21)(H2,17,19,20,22). The minimum absolute atomic E-state index is 0.271. The zero-order valence-electron chi connectivity index (χ0n) is 12.5. The van der Waals surface area contributed by atoms with Crippen LogP contribution in [-0.4, -0.2) is 39.5 Å². The summed E-state index contributed by atoms with van der Waals surface area (Å²) in [5.74, 6) is 0.657. The minimum Gasteiger partial charge on any atom is -0.381 e.